The van der Waals surface area contributed by atoms with Gasteiger partial charge >= 0.3 is 0 Å². The molecule has 0 unspecified atom stereocenters. The van der Waals surface area contributed by atoms with E-state index in [9.17, 15) is 9.18 Å². The number of hydrogen-bond acceptors (Lipinski definition) is 3. The zero-order valence-electron chi connectivity index (χ0n) is 9.29. The first kappa shape index (κ1) is 13.3. The average molecular weight is 251 g/mol. The minimum absolute atomic E-state index is 0.0390. The topological polar surface area (TPSA) is 55.1 Å². The maximum absolute atomic E-state index is 13.0. The van der Waals surface area contributed by atoms with Gasteiger partial charge in [-0.05, 0) is 24.6 Å². The molecular weight excluding hydrogens is 239 g/mol. The molecule has 17 heavy (non-hydrogen) atoms. The molecule has 1 aromatic rings. The Hall–Kier alpha value is -1.75. The van der Waals surface area contributed by atoms with Gasteiger partial charge in [-0.1, -0.05) is 12.2 Å². The summed E-state index contributed by atoms with van der Waals surface area (Å²) in [5.41, 5.74) is 6.64. The lowest BCUT2D eigenvalue weighted by Crippen LogP contribution is -2.14. The van der Waals surface area contributed by atoms with Crippen molar-refractivity contribution in [3.8, 4) is 0 Å². The number of nitrogens with one attached hydrogen (secondary N) is 1. The lowest BCUT2D eigenvalue weighted by molar-refractivity contribution is -0.103. The molecule has 1 rings (SSSR count). The van der Waals surface area contributed by atoms with Crippen LogP contribution < -0.4 is 11.1 Å². The summed E-state index contributed by atoms with van der Waals surface area (Å²) >= 11 is 4.82. The molecular formula is C12H12FN2OS. The summed E-state index contributed by atoms with van der Waals surface area (Å²) in [5.74, 6) is -0.565. The van der Waals surface area contributed by atoms with Crippen LogP contribution in [0.15, 0.2) is 18.3 Å². The molecule has 5 heteroatoms. The molecule has 3 nitrogen and oxygen atoms in total. The second kappa shape index (κ2) is 6.10. The van der Waals surface area contributed by atoms with Gasteiger partial charge in [-0.25, -0.2) is 4.39 Å². The maximum Gasteiger partial charge on any atom is 0.152 e. The van der Waals surface area contributed by atoms with Crippen LogP contribution in [0.5, 0.6) is 0 Å². The highest BCUT2D eigenvalue weighted by atomic mass is 32.1. The molecule has 0 fully saturated rings. The van der Waals surface area contributed by atoms with E-state index in [1.54, 1.807) is 0 Å². The monoisotopic (exact) mass is 251 g/mol. The first-order chi connectivity index (χ1) is 8.10. The summed E-state index contributed by atoms with van der Waals surface area (Å²) in [6, 6.07) is 4.91. The molecule has 0 spiro atoms. The molecule has 0 amide bonds. The molecule has 0 saturated heterocycles. The molecule has 0 saturated carbocycles. The number of hydrogen-bond donors (Lipinski definition) is 2. The highest BCUT2D eigenvalue weighted by Gasteiger charge is 2.10. The molecule has 1 radical (unpaired) electrons. The van der Waals surface area contributed by atoms with Gasteiger partial charge in [0.15, 0.2) is 6.29 Å². The zero-order valence-corrected chi connectivity index (χ0v) is 10.1. The molecule has 0 aliphatic heterocycles. The van der Waals surface area contributed by atoms with Gasteiger partial charge in [0.05, 0.1) is 0 Å². The highest BCUT2D eigenvalue weighted by molar-refractivity contribution is 7.80. The quantitative estimate of drug-likeness (QED) is 0.472. The van der Waals surface area contributed by atoms with Crippen molar-refractivity contribution < 1.29 is 9.18 Å². The molecule has 89 valence electrons. The van der Waals surface area contributed by atoms with E-state index in [1.807, 2.05) is 6.92 Å². The fourth-order valence-corrected chi connectivity index (χ4v) is 1.46. The molecule has 0 aliphatic rings. The normalized spacial score (nSPS) is 11.1. The van der Waals surface area contributed by atoms with Crippen molar-refractivity contribution >= 4 is 29.1 Å². The number of nitrogens with two attached hydrogens (primary N) is 1. The second-order valence-electron chi connectivity index (χ2n) is 3.25. The third-order valence-corrected chi connectivity index (χ3v) is 2.30. The molecule has 0 aliphatic carbocycles. The van der Waals surface area contributed by atoms with Crippen LogP contribution in [0.4, 0.5) is 4.39 Å². The van der Waals surface area contributed by atoms with Gasteiger partial charge in [0.25, 0.3) is 0 Å². The third-order valence-electron chi connectivity index (χ3n) is 2.08. The van der Waals surface area contributed by atoms with E-state index in [4.69, 9.17) is 18.0 Å². The van der Waals surface area contributed by atoms with Gasteiger partial charge in [0.1, 0.15) is 10.8 Å². The fraction of sp³-hybridized carbons (Fsp3) is 0.167. The molecule has 0 bridgehead atoms. The Balaban J connectivity index is 3.28. The molecule has 0 aromatic heterocycles. The van der Waals surface area contributed by atoms with Crippen molar-refractivity contribution in [2.45, 2.75) is 6.92 Å². The van der Waals surface area contributed by atoms with Crippen LogP contribution in [0.1, 0.15) is 18.1 Å². The summed E-state index contributed by atoms with van der Waals surface area (Å²) in [7, 11) is 0. The third kappa shape index (κ3) is 3.35. The number of allylic oxidation sites excluding steroid dienone is 1. The number of benzene rings is 1. The Morgan fingerprint density at radius 3 is 2.88 bits per heavy atom. The Morgan fingerprint density at radius 1 is 1.65 bits per heavy atom. The Kier molecular flexibility index (Phi) is 4.78. The summed E-state index contributed by atoms with van der Waals surface area (Å²) in [6.07, 6.45) is 2.20. The summed E-state index contributed by atoms with van der Waals surface area (Å²) < 4.78 is 13.0. The molecule has 1 aromatic carbocycles. The van der Waals surface area contributed by atoms with Crippen molar-refractivity contribution in [1.29, 1.82) is 0 Å². The van der Waals surface area contributed by atoms with Gasteiger partial charge in [-0.15, -0.1) is 0 Å². The van der Waals surface area contributed by atoms with Gasteiger partial charge in [0, 0.05) is 29.9 Å². The predicted octanol–water partition coefficient (Wildman–Crippen LogP) is 1.41. The number of carbonyl (C=O) groups excluding carboxylic acids is 1. The van der Waals surface area contributed by atoms with Crippen molar-refractivity contribution in [3.63, 3.8) is 0 Å². The van der Waals surface area contributed by atoms with Crippen LogP contribution in [0.25, 0.3) is 5.57 Å². The van der Waals surface area contributed by atoms with Crippen molar-refractivity contribution in [1.82, 2.24) is 5.32 Å². The van der Waals surface area contributed by atoms with E-state index < -0.39 is 5.82 Å². The van der Waals surface area contributed by atoms with Crippen LogP contribution in [-0.4, -0.2) is 17.8 Å². The minimum Gasteiger partial charge on any atom is -0.391 e. The van der Waals surface area contributed by atoms with Crippen molar-refractivity contribution in [3.05, 3.63) is 41.3 Å². The second-order valence-corrected chi connectivity index (χ2v) is 3.69. The number of thiocarbonyl (C=S) groups is 1. The van der Waals surface area contributed by atoms with E-state index >= 15 is 0 Å². The van der Waals surface area contributed by atoms with Crippen LogP contribution in [-0.2, 0) is 4.79 Å². The van der Waals surface area contributed by atoms with Gasteiger partial charge in [-0.2, -0.15) is 0 Å². The predicted molar refractivity (Wildman–Crippen MR) is 68.8 cm³/mol. The molecule has 0 heterocycles. The number of rotatable bonds is 5. The lowest BCUT2D eigenvalue weighted by atomic mass is 10.0. The van der Waals surface area contributed by atoms with E-state index in [0.717, 1.165) is 0 Å². The van der Waals surface area contributed by atoms with Crippen LogP contribution in [0.3, 0.4) is 0 Å². The van der Waals surface area contributed by atoms with E-state index in [-0.39, 0.29) is 4.99 Å². The first-order valence-corrected chi connectivity index (χ1v) is 5.41. The average Bonchev–Trinajstić information content (AvgIpc) is 2.31. The number of aldehydes is 1. The standard InChI is InChI=1S/C12H12FN2OS/c1-2-15-6-8(7-16)10-4-3-9(13)5-11(10)12(14)17/h4-7,15H,2H2,1H3,(H2,14,17). The Bertz CT molecular complexity index is 472. The van der Waals surface area contributed by atoms with E-state index in [2.05, 4.69) is 11.4 Å². The largest absolute Gasteiger partial charge is 0.391 e. The smallest absolute Gasteiger partial charge is 0.152 e. The van der Waals surface area contributed by atoms with Crippen molar-refractivity contribution in [2.75, 3.05) is 6.54 Å². The Morgan fingerprint density at radius 2 is 2.35 bits per heavy atom. The molecule has 3 N–H and O–H groups in total. The van der Waals surface area contributed by atoms with Crippen LogP contribution >= 0.6 is 12.2 Å². The summed E-state index contributed by atoms with van der Waals surface area (Å²) in [5, 5.41) is 2.89. The maximum atomic E-state index is 13.0. The van der Waals surface area contributed by atoms with Crippen molar-refractivity contribution in [2.24, 2.45) is 5.73 Å². The summed E-state index contributed by atoms with van der Waals surface area (Å²) in [4.78, 5) is 11.0. The number of halogens is 1. The van der Waals surface area contributed by atoms with E-state index in [0.29, 0.717) is 29.5 Å². The number of carbonyl (C=O) groups is 1. The van der Waals surface area contributed by atoms with Gasteiger partial charge in [-0.3, -0.25) is 4.79 Å². The Labute approximate surface area is 105 Å². The highest BCUT2D eigenvalue weighted by Crippen LogP contribution is 2.18. The minimum atomic E-state index is -0.565. The fourth-order valence-electron chi connectivity index (χ4n) is 1.29. The van der Waals surface area contributed by atoms with Crippen LogP contribution in [0.2, 0.25) is 0 Å². The van der Waals surface area contributed by atoms with Gasteiger partial charge < -0.3 is 11.1 Å². The SMILES string of the molecule is CCNC=C(C=O)c1c[c]c(F)cc1C(N)=S. The first-order valence-electron chi connectivity index (χ1n) is 5.00. The summed E-state index contributed by atoms with van der Waals surface area (Å²) in [6.45, 7) is 2.56. The van der Waals surface area contributed by atoms with E-state index in [1.165, 1.54) is 18.3 Å². The molecule has 0 atom stereocenters. The lowest BCUT2D eigenvalue weighted by Gasteiger charge is -2.08. The van der Waals surface area contributed by atoms with Gasteiger partial charge in [0.2, 0.25) is 0 Å². The zero-order chi connectivity index (χ0) is 12.8. The van der Waals surface area contributed by atoms with Crippen LogP contribution in [0, 0.1) is 11.9 Å².